The number of hydrogen-bond donors (Lipinski definition) is 1. The largest absolute Gasteiger partial charge is 0.369 e. The SMILES string of the molecule is CCNc1cncc(C(=O)N2CCC(C)CC2)n1. The van der Waals surface area contributed by atoms with Gasteiger partial charge in [0.1, 0.15) is 11.5 Å². The van der Waals surface area contributed by atoms with Crippen LogP contribution in [0.15, 0.2) is 12.4 Å². The van der Waals surface area contributed by atoms with E-state index < -0.39 is 0 Å². The van der Waals surface area contributed by atoms with E-state index in [1.54, 1.807) is 12.4 Å². The van der Waals surface area contributed by atoms with Crippen molar-refractivity contribution in [3.8, 4) is 0 Å². The molecular weight excluding hydrogens is 228 g/mol. The Morgan fingerprint density at radius 3 is 2.83 bits per heavy atom. The van der Waals surface area contributed by atoms with Gasteiger partial charge in [-0.1, -0.05) is 6.92 Å². The summed E-state index contributed by atoms with van der Waals surface area (Å²) in [4.78, 5) is 22.5. The molecule has 1 aromatic rings. The number of carbonyl (C=O) groups excluding carboxylic acids is 1. The topological polar surface area (TPSA) is 58.1 Å². The molecule has 2 rings (SSSR count). The van der Waals surface area contributed by atoms with Gasteiger partial charge in [-0.2, -0.15) is 0 Å². The number of nitrogens with zero attached hydrogens (tertiary/aromatic N) is 3. The zero-order chi connectivity index (χ0) is 13.0. The van der Waals surface area contributed by atoms with E-state index in [-0.39, 0.29) is 5.91 Å². The first kappa shape index (κ1) is 12.8. The maximum Gasteiger partial charge on any atom is 0.274 e. The minimum Gasteiger partial charge on any atom is -0.369 e. The number of aromatic nitrogens is 2. The van der Waals surface area contributed by atoms with Crippen LogP contribution in [0.2, 0.25) is 0 Å². The van der Waals surface area contributed by atoms with E-state index in [0.717, 1.165) is 32.5 Å². The van der Waals surface area contributed by atoms with Crippen molar-refractivity contribution in [2.75, 3.05) is 25.0 Å². The van der Waals surface area contributed by atoms with Crippen LogP contribution < -0.4 is 5.32 Å². The summed E-state index contributed by atoms with van der Waals surface area (Å²) in [7, 11) is 0. The first-order chi connectivity index (χ1) is 8.70. The number of rotatable bonds is 3. The van der Waals surface area contributed by atoms with E-state index in [9.17, 15) is 4.79 Å². The highest BCUT2D eigenvalue weighted by Gasteiger charge is 2.22. The monoisotopic (exact) mass is 248 g/mol. The number of likely N-dealkylation sites (tertiary alicyclic amines) is 1. The van der Waals surface area contributed by atoms with E-state index in [0.29, 0.717) is 17.4 Å². The van der Waals surface area contributed by atoms with Crippen LogP contribution in [0.25, 0.3) is 0 Å². The van der Waals surface area contributed by atoms with E-state index >= 15 is 0 Å². The van der Waals surface area contributed by atoms with Gasteiger partial charge in [0, 0.05) is 19.6 Å². The molecule has 1 fully saturated rings. The molecule has 1 saturated heterocycles. The highest BCUT2D eigenvalue weighted by molar-refractivity contribution is 5.92. The van der Waals surface area contributed by atoms with E-state index in [4.69, 9.17) is 0 Å². The van der Waals surface area contributed by atoms with Gasteiger partial charge in [-0.25, -0.2) is 4.98 Å². The lowest BCUT2D eigenvalue weighted by molar-refractivity contribution is 0.0691. The number of carbonyl (C=O) groups is 1. The third-order valence-electron chi connectivity index (χ3n) is 3.28. The van der Waals surface area contributed by atoms with Gasteiger partial charge in [0.2, 0.25) is 0 Å². The zero-order valence-corrected chi connectivity index (χ0v) is 11.0. The Kier molecular flexibility index (Phi) is 4.12. The summed E-state index contributed by atoms with van der Waals surface area (Å²) in [5.41, 5.74) is 0.433. The Labute approximate surface area is 108 Å². The molecule has 18 heavy (non-hydrogen) atoms. The van der Waals surface area contributed by atoms with Crippen LogP contribution >= 0.6 is 0 Å². The average Bonchev–Trinajstić information content (AvgIpc) is 2.39. The molecule has 0 unspecified atom stereocenters. The van der Waals surface area contributed by atoms with Crippen molar-refractivity contribution in [1.29, 1.82) is 0 Å². The van der Waals surface area contributed by atoms with Crippen molar-refractivity contribution < 1.29 is 4.79 Å². The second kappa shape index (κ2) is 5.80. The normalized spacial score (nSPS) is 16.7. The number of piperidine rings is 1. The molecule has 0 aromatic carbocycles. The molecule has 5 heteroatoms. The fourth-order valence-corrected chi connectivity index (χ4v) is 2.11. The smallest absolute Gasteiger partial charge is 0.274 e. The van der Waals surface area contributed by atoms with Crippen molar-refractivity contribution >= 4 is 11.7 Å². The highest BCUT2D eigenvalue weighted by Crippen LogP contribution is 2.17. The predicted octanol–water partition coefficient (Wildman–Crippen LogP) is 1.78. The van der Waals surface area contributed by atoms with E-state index in [2.05, 4.69) is 22.2 Å². The van der Waals surface area contributed by atoms with Crippen molar-refractivity contribution in [3.05, 3.63) is 18.1 Å². The van der Waals surface area contributed by atoms with E-state index in [1.807, 2.05) is 11.8 Å². The first-order valence-corrected chi connectivity index (χ1v) is 6.56. The molecule has 0 saturated carbocycles. The van der Waals surface area contributed by atoms with Gasteiger partial charge in [0.05, 0.1) is 12.4 Å². The lowest BCUT2D eigenvalue weighted by Crippen LogP contribution is -2.38. The molecule has 0 bridgehead atoms. The fraction of sp³-hybridized carbons (Fsp3) is 0.615. The van der Waals surface area contributed by atoms with Gasteiger partial charge in [-0.15, -0.1) is 0 Å². The Balaban J connectivity index is 2.06. The second-order valence-electron chi connectivity index (χ2n) is 4.79. The Hall–Kier alpha value is -1.65. The number of hydrogen-bond acceptors (Lipinski definition) is 4. The van der Waals surface area contributed by atoms with Crippen LogP contribution in [0.1, 0.15) is 37.2 Å². The minimum absolute atomic E-state index is 0.00541. The number of nitrogens with one attached hydrogen (secondary N) is 1. The molecule has 98 valence electrons. The summed E-state index contributed by atoms with van der Waals surface area (Å²) in [5.74, 6) is 1.37. The van der Waals surface area contributed by atoms with Gasteiger partial charge in [0.25, 0.3) is 5.91 Å². The summed E-state index contributed by atoms with van der Waals surface area (Å²) in [6.07, 6.45) is 5.33. The summed E-state index contributed by atoms with van der Waals surface area (Å²) in [6, 6.07) is 0. The molecule has 0 radical (unpaired) electrons. The van der Waals surface area contributed by atoms with E-state index in [1.165, 1.54) is 0 Å². The maximum absolute atomic E-state index is 12.3. The summed E-state index contributed by atoms with van der Waals surface area (Å²) in [5, 5.41) is 3.07. The van der Waals surface area contributed by atoms with Crippen LogP contribution in [-0.2, 0) is 0 Å². The van der Waals surface area contributed by atoms with Crippen molar-refractivity contribution in [1.82, 2.24) is 14.9 Å². The number of anilines is 1. The average molecular weight is 248 g/mol. The molecule has 1 aliphatic heterocycles. The molecule has 0 atom stereocenters. The quantitative estimate of drug-likeness (QED) is 0.886. The molecule has 1 aromatic heterocycles. The molecule has 1 aliphatic rings. The van der Waals surface area contributed by atoms with Gasteiger partial charge in [-0.05, 0) is 25.7 Å². The Morgan fingerprint density at radius 2 is 2.17 bits per heavy atom. The van der Waals surface area contributed by atoms with Crippen molar-refractivity contribution in [2.45, 2.75) is 26.7 Å². The third kappa shape index (κ3) is 2.97. The maximum atomic E-state index is 12.3. The van der Waals surface area contributed by atoms with Gasteiger partial charge in [0.15, 0.2) is 0 Å². The summed E-state index contributed by atoms with van der Waals surface area (Å²) in [6.45, 7) is 6.64. The first-order valence-electron chi connectivity index (χ1n) is 6.56. The predicted molar refractivity (Wildman–Crippen MR) is 70.5 cm³/mol. The van der Waals surface area contributed by atoms with Crippen LogP contribution in [0.4, 0.5) is 5.82 Å². The fourth-order valence-electron chi connectivity index (χ4n) is 2.11. The van der Waals surface area contributed by atoms with Gasteiger partial charge < -0.3 is 10.2 Å². The standard InChI is InChI=1S/C13H20N4O/c1-3-15-12-9-14-8-11(16-12)13(18)17-6-4-10(2)5-7-17/h8-10H,3-7H2,1-2H3,(H,15,16). The lowest BCUT2D eigenvalue weighted by Gasteiger charge is -2.29. The minimum atomic E-state index is -0.00541. The molecule has 0 aliphatic carbocycles. The lowest BCUT2D eigenvalue weighted by atomic mass is 9.99. The third-order valence-corrected chi connectivity index (χ3v) is 3.28. The van der Waals surface area contributed by atoms with Crippen molar-refractivity contribution in [2.24, 2.45) is 5.92 Å². The summed E-state index contributed by atoms with van der Waals surface area (Å²) < 4.78 is 0. The molecule has 1 amide bonds. The molecule has 1 N–H and O–H groups in total. The molecule has 0 spiro atoms. The van der Waals surface area contributed by atoms with Crippen molar-refractivity contribution in [3.63, 3.8) is 0 Å². The van der Waals surface area contributed by atoms with Crippen LogP contribution in [0.5, 0.6) is 0 Å². The zero-order valence-electron chi connectivity index (χ0n) is 11.0. The molecule has 2 heterocycles. The Morgan fingerprint density at radius 1 is 1.44 bits per heavy atom. The summed E-state index contributed by atoms with van der Waals surface area (Å²) >= 11 is 0. The van der Waals surface area contributed by atoms with Crippen LogP contribution in [0, 0.1) is 5.92 Å². The second-order valence-corrected chi connectivity index (χ2v) is 4.79. The van der Waals surface area contributed by atoms with Crippen LogP contribution in [0.3, 0.4) is 0 Å². The van der Waals surface area contributed by atoms with Gasteiger partial charge in [-0.3, -0.25) is 9.78 Å². The van der Waals surface area contributed by atoms with Crippen LogP contribution in [-0.4, -0.2) is 40.4 Å². The Bertz CT molecular complexity index is 413. The number of amides is 1. The molecule has 5 nitrogen and oxygen atoms in total. The highest BCUT2D eigenvalue weighted by atomic mass is 16.2. The molecular formula is C13H20N4O. The van der Waals surface area contributed by atoms with Gasteiger partial charge >= 0.3 is 0 Å².